The van der Waals surface area contributed by atoms with E-state index in [-0.39, 0.29) is 24.0 Å². The highest BCUT2D eigenvalue weighted by molar-refractivity contribution is 14.0. The summed E-state index contributed by atoms with van der Waals surface area (Å²) in [6.07, 6.45) is 5.27. The molecule has 1 fully saturated rings. The Hall–Kier alpha value is -2.73. The maximum Gasteiger partial charge on any atom is 0.226 e. The second kappa shape index (κ2) is 13.2. The van der Waals surface area contributed by atoms with Gasteiger partial charge in [0, 0.05) is 63.8 Å². The zero-order valence-electron chi connectivity index (χ0n) is 19.8. The number of nitrogens with zero attached hydrogens (tertiary/aromatic N) is 6. The summed E-state index contributed by atoms with van der Waals surface area (Å²) in [5.74, 6) is 2.22. The number of benzene rings is 1. The first-order valence-electron chi connectivity index (χ1n) is 11.5. The van der Waals surface area contributed by atoms with Crippen LogP contribution in [0.5, 0.6) is 0 Å². The van der Waals surface area contributed by atoms with Gasteiger partial charge in [-0.05, 0) is 32.0 Å². The molecule has 1 aliphatic heterocycles. The molecule has 1 saturated heterocycles. The van der Waals surface area contributed by atoms with Gasteiger partial charge in [0.05, 0.1) is 6.54 Å². The van der Waals surface area contributed by atoms with Crippen molar-refractivity contribution in [2.45, 2.75) is 20.4 Å². The summed E-state index contributed by atoms with van der Waals surface area (Å²) >= 11 is 0. The molecule has 2 N–H and O–H groups in total. The quantitative estimate of drug-likeness (QED) is 0.240. The molecule has 9 nitrogen and oxygen atoms in total. The molecule has 2 aromatic heterocycles. The highest BCUT2D eigenvalue weighted by Crippen LogP contribution is 2.19. The highest BCUT2D eigenvalue weighted by atomic mass is 127. The van der Waals surface area contributed by atoms with Gasteiger partial charge in [0.2, 0.25) is 11.8 Å². The summed E-state index contributed by atoms with van der Waals surface area (Å²) in [6, 6.07) is 10.00. The largest absolute Gasteiger partial charge is 0.444 e. The summed E-state index contributed by atoms with van der Waals surface area (Å²) in [7, 11) is 0. The number of hydrogen-bond donors (Lipinski definition) is 2. The van der Waals surface area contributed by atoms with Crippen LogP contribution in [0.25, 0.3) is 11.5 Å². The van der Waals surface area contributed by atoms with E-state index < -0.39 is 0 Å². The van der Waals surface area contributed by atoms with Crippen molar-refractivity contribution in [3.8, 4) is 11.5 Å². The molecular weight excluding hydrogens is 543 g/mol. The smallest absolute Gasteiger partial charge is 0.226 e. The molecule has 0 radical (unpaired) electrons. The Labute approximate surface area is 218 Å². The van der Waals surface area contributed by atoms with Crippen LogP contribution in [0.4, 0.5) is 5.95 Å². The van der Waals surface area contributed by atoms with Gasteiger partial charge in [0.15, 0.2) is 5.96 Å². The zero-order valence-corrected chi connectivity index (χ0v) is 22.1. The Morgan fingerprint density at radius 3 is 2.50 bits per heavy atom. The van der Waals surface area contributed by atoms with Gasteiger partial charge in [-0.1, -0.05) is 17.7 Å². The third-order valence-electron chi connectivity index (χ3n) is 5.52. The van der Waals surface area contributed by atoms with Crippen LogP contribution >= 0.6 is 24.0 Å². The standard InChI is InChI=1S/C24H32N8O.HI/c1-3-25-23(29-17-21-18-33-22(30-21)20-7-5-19(2)6-8-20)26-11-12-31-13-15-32(16-14-31)24-27-9-4-10-28-24;/h4-10,18H,3,11-17H2,1-2H3,(H2,25,26,29);1H. The molecule has 0 aliphatic carbocycles. The molecule has 1 aromatic carbocycles. The predicted molar refractivity (Wildman–Crippen MR) is 146 cm³/mol. The number of aliphatic imine (C=N–C) groups is 1. The van der Waals surface area contributed by atoms with Crippen molar-refractivity contribution in [3.05, 3.63) is 60.2 Å². The van der Waals surface area contributed by atoms with E-state index in [1.807, 2.05) is 18.2 Å². The molecule has 0 atom stereocenters. The molecule has 182 valence electrons. The Morgan fingerprint density at radius 1 is 1.06 bits per heavy atom. The highest BCUT2D eigenvalue weighted by Gasteiger charge is 2.18. The number of piperazine rings is 1. The number of oxazole rings is 1. The Morgan fingerprint density at radius 2 is 1.79 bits per heavy atom. The van der Waals surface area contributed by atoms with Crippen LogP contribution in [-0.4, -0.2) is 71.6 Å². The van der Waals surface area contributed by atoms with Crippen LogP contribution in [0.3, 0.4) is 0 Å². The van der Waals surface area contributed by atoms with E-state index >= 15 is 0 Å². The van der Waals surface area contributed by atoms with Gasteiger partial charge >= 0.3 is 0 Å². The van der Waals surface area contributed by atoms with E-state index in [2.05, 4.69) is 66.4 Å². The second-order valence-corrected chi connectivity index (χ2v) is 8.01. The lowest BCUT2D eigenvalue weighted by molar-refractivity contribution is 0.260. The Bertz CT molecular complexity index is 1020. The maximum atomic E-state index is 5.64. The zero-order chi connectivity index (χ0) is 22.9. The van der Waals surface area contributed by atoms with E-state index in [4.69, 9.17) is 4.42 Å². The first-order chi connectivity index (χ1) is 16.2. The van der Waals surface area contributed by atoms with Crippen molar-refractivity contribution in [1.29, 1.82) is 0 Å². The number of nitrogens with one attached hydrogen (secondary N) is 2. The minimum Gasteiger partial charge on any atom is -0.444 e. The molecule has 3 aromatic rings. The van der Waals surface area contributed by atoms with E-state index in [0.717, 1.165) is 69.0 Å². The molecule has 0 amide bonds. The molecule has 3 heterocycles. The lowest BCUT2D eigenvalue weighted by Gasteiger charge is -2.34. The number of halogens is 1. The lowest BCUT2D eigenvalue weighted by Crippen LogP contribution is -2.49. The van der Waals surface area contributed by atoms with Crippen molar-refractivity contribution in [1.82, 2.24) is 30.5 Å². The minimum absolute atomic E-state index is 0. The van der Waals surface area contributed by atoms with Crippen molar-refractivity contribution < 1.29 is 4.42 Å². The number of anilines is 1. The summed E-state index contributed by atoms with van der Waals surface area (Å²) in [4.78, 5) is 22.6. The fourth-order valence-electron chi connectivity index (χ4n) is 3.67. The van der Waals surface area contributed by atoms with E-state index in [1.54, 1.807) is 18.7 Å². The van der Waals surface area contributed by atoms with Crippen molar-refractivity contribution in [3.63, 3.8) is 0 Å². The molecule has 34 heavy (non-hydrogen) atoms. The molecule has 10 heteroatoms. The van der Waals surface area contributed by atoms with Crippen LogP contribution < -0.4 is 15.5 Å². The summed E-state index contributed by atoms with van der Waals surface area (Å²) in [5, 5.41) is 6.73. The fourth-order valence-corrected chi connectivity index (χ4v) is 3.67. The molecule has 0 bridgehead atoms. The van der Waals surface area contributed by atoms with E-state index in [9.17, 15) is 0 Å². The first kappa shape index (κ1) is 25.9. The monoisotopic (exact) mass is 576 g/mol. The van der Waals surface area contributed by atoms with Gasteiger partial charge < -0.3 is 20.0 Å². The van der Waals surface area contributed by atoms with Gasteiger partial charge in [0.1, 0.15) is 12.0 Å². The molecule has 0 spiro atoms. The summed E-state index contributed by atoms with van der Waals surface area (Å²) in [6.45, 7) is 11.0. The van der Waals surface area contributed by atoms with Gasteiger partial charge in [-0.15, -0.1) is 24.0 Å². The van der Waals surface area contributed by atoms with Crippen molar-refractivity contribution in [2.24, 2.45) is 4.99 Å². The molecule has 0 saturated carbocycles. The van der Waals surface area contributed by atoms with Crippen LogP contribution in [0.15, 0.2) is 58.4 Å². The van der Waals surface area contributed by atoms with Gasteiger partial charge in [0.25, 0.3) is 0 Å². The predicted octanol–water partition coefficient (Wildman–Crippen LogP) is 2.94. The van der Waals surface area contributed by atoms with Crippen LogP contribution in [0.2, 0.25) is 0 Å². The SMILES string of the molecule is CCNC(=NCc1coc(-c2ccc(C)cc2)n1)NCCN1CCN(c2ncccn2)CC1.I. The Balaban J connectivity index is 0.00000324. The number of hydrogen-bond acceptors (Lipinski definition) is 7. The average molecular weight is 576 g/mol. The number of guanidine groups is 1. The average Bonchev–Trinajstić information content (AvgIpc) is 3.33. The Kier molecular flexibility index (Phi) is 10.1. The van der Waals surface area contributed by atoms with E-state index in [1.165, 1.54) is 5.56 Å². The topological polar surface area (TPSA) is 94.7 Å². The molecule has 0 unspecified atom stereocenters. The minimum atomic E-state index is 0. The maximum absolute atomic E-state index is 5.64. The fraction of sp³-hybridized carbons (Fsp3) is 0.417. The third-order valence-corrected chi connectivity index (χ3v) is 5.52. The number of aromatic nitrogens is 3. The van der Waals surface area contributed by atoms with Gasteiger partial charge in [-0.2, -0.15) is 0 Å². The second-order valence-electron chi connectivity index (χ2n) is 8.01. The lowest BCUT2D eigenvalue weighted by atomic mass is 10.1. The van der Waals surface area contributed by atoms with Gasteiger partial charge in [-0.25, -0.2) is 19.9 Å². The summed E-state index contributed by atoms with van der Waals surface area (Å²) in [5.41, 5.74) is 2.99. The molecule has 4 rings (SSSR count). The molecule has 1 aliphatic rings. The van der Waals surface area contributed by atoms with Crippen molar-refractivity contribution >= 4 is 35.9 Å². The normalized spacial score (nSPS) is 14.5. The third kappa shape index (κ3) is 7.39. The number of rotatable bonds is 8. The van der Waals surface area contributed by atoms with Crippen LogP contribution in [0.1, 0.15) is 18.2 Å². The van der Waals surface area contributed by atoms with Crippen LogP contribution in [-0.2, 0) is 6.54 Å². The van der Waals surface area contributed by atoms with Gasteiger partial charge in [-0.3, -0.25) is 4.90 Å². The van der Waals surface area contributed by atoms with Crippen LogP contribution in [0, 0.1) is 6.92 Å². The molecular formula is C24H33IN8O. The summed E-state index contributed by atoms with van der Waals surface area (Å²) < 4.78 is 5.64. The number of aryl methyl sites for hydroxylation is 1. The van der Waals surface area contributed by atoms with E-state index in [0.29, 0.717) is 12.4 Å². The van der Waals surface area contributed by atoms with Crippen molar-refractivity contribution in [2.75, 3.05) is 50.7 Å². The first-order valence-corrected chi connectivity index (χ1v) is 11.5.